The standard InChI is InChI=1S/C20H18BrNO4S/c1-3-26-17-10-13(8-9-16(17)25-2)11-18-19(23)22(20(24)27-18)12-14-6-4-5-7-15(14)21/h4-11H,3,12H2,1-2H3/b18-11+. The van der Waals surface area contributed by atoms with E-state index in [-0.39, 0.29) is 17.7 Å². The number of nitrogens with zero attached hydrogens (tertiary/aromatic N) is 1. The third kappa shape index (κ3) is 4.36. The van der Waals surface area contributed by atoms with Gasteiger partial charge in [0.2, 0.25) is 0 Å². The number of carbonyl (C=O) groups excluding carboxylic acids is 2. The molecule has 0 aromatic heterocycles. The highest BCUT2D eigenvalue weighted by molar-refractivity contribution is 9.10. The molecule has 2 amide bonds. The summed E-state index contributed by atoms with van der Waals surface area (Å²) in [5, 5.41) is -0.277. The molecule has 0 unspecified atom stereocenters. The van der Waals surface area contributed by atoms with Crippen molar-refractivity contribution in [3.8, 4) is 11.5 Å². The number of benzene rings is 2. The quantitative estimate of drug-likeness (QED) is 0.576. The van der Waals surface area contributed by atoms with Crippen molar-refractivity contribution < 1.29 is 19.1 Å². The van der Waals surface area contributed by atoms with Crippen molar-refractivity contribution in [3.05, 3.63) is 63.0 Å². The molecule has 2 aromatic rings. The zero-order valence-electron chi connectivity index (χ0n) is 14.9. The van der Waals surface area contributed by atoms with Gasteiger partial charge in [-0.15, -0.1) is 0 Å². The molecule has 1 heterocycles. The summed E-state index contributed by atoms with van der Waals surface area (Å²) in [5.41, 5.74) is 1.65. The van der Waals surface area contributed by atoms with Crippen LogP contribution in [-0.4, -0.2) is 29.8 Å². The molecule has 0 saturated carbocycles. The van der Waals surface area contributed by atoms with Crippen LogP contribution in [0.15, 0.2) is 51.8 Å². The summed E-state index contributed by atoms with van der Waals surface area (Å²) in [7, 11) is 1.57. The number of ether oxygens (including phenoxy) is 2. The molecule has 0 spiro atoms. The lowest BCUT2D eigenvalue weighted by Gasteiger charge is -2.13. The van der Waals surface area contributed by atoms with Gasteiger partial charge in [0, 0.05) is 4.47 Å². The first kappa shape index (κ1) is 19.5. The third-order valence-electron chi connectivity index (χ3n) is 3.95. The Labute approximate surface area is 170 Å². The lowest BCUT2D eigenvalue weighted by molar-refractivity contribution is -0.123. The molecule has 140 valence electrons. The number of imide groups is 1. The van der Waals surface area contributed by atoms with Crippen LogP contribution in [0.1, 0.15) is 18.1 Å². The molecule has 7 heteroatoms. The Hall–Kier alpha value is -2.25. The number of thioether (sulfide) groups is 1. The number of methoxy groups -OCH3 is 1. The zero-order chi connectivity index (χ0) is 19.4. The molecule has 0 radical (unpaired) electrons. The monoisotopic (exact) mass is 447 g/mol. The number of rotatable bonds is 6. The smallest absolute Gasteiger partial charge is 0.293 e. The minimum atomic E-state index is -0.297. The van der Waals surface area contributed by atoms with Crippen molar-refractivity contribution >= 4 is 44.9 Å². The van der Waals surface area contributed by atoms with Crippen molar-refractivity contribution in [2.24, 2.45) is 0 Å². The van der Waals surface area contributed by atoms with Crippen LogP contribution < -0.4 is 9.47 Å². The van der Waals surface area contributed by atoms with Gasteiger partial charge in [0.05, 0.1) is 25.2 Å². The topological polar surface area (TPSA) is 55.8 Å². The van der Waals surface area contributed by atoms with Crippen LogP contribution in [0.2, 0.25) is 0 Å². The number of hydrogen-bond donors (Lipinski definition) is 0. The molecule has 3 rings (SSSR count). The van der Waals surface area contributed by atoms with Gasteiger partial charge in [-0.25, -0.2) is 0 Å². The van der Waals surface area contributed by atoms with Gasteiger partial charge >= 0.3 is 0 Å². The van der Waals surface area contributed by atoms with Crippen LogP contribution in [0, 0.1) is 0 Å². The van der Waals surface area contributed by atoms with E-state index in [1.165, 1.54) is 4.90 Å². The Morgan fingerprint density at radius 2 is 1.93 bits per heavy atom. The van der Waals surface area contributed by atoms with E-state index in [0.717, 1.165) is 27.4 Å². The Morgan fingerprint density at radius 1 is 1.15 bits per heavy atom. The molecule has 0 atom stereocenters. The van der Waals surface area contributed by atoms with Gasteiger partial charge in [0.25, 0.3) is 11.1 Å². The highest BCUT2D eigenvalue weighted by Gasteiger charge is 2.35. The van der Waals surface area contributed by atoms with Gasteiger partial charge in [-0.1, -0.05) is 40.2 Å². The number of carbonyl (C=O) groups is 2. The first-order chi connectivity index (χ1) is 13.0. The molecule has 0 N–H and O–H groups in total. The van der Waals surface area contributed by atoms with E-state index in [9.17, 15) is 9.59 Å². The molecule has 1 saturated heterocycles. The Kier molecular flexibility index (Phi) is 6.23. The second kappa shape index (κ2) is 8.63. The van der Waals surface area contributed by atoms with Crippen molar-refractivity contribution in [2.75, 3.05) is 13.7 Å². The molecule has 1 fully saturated rings. The first-order valence-corrected chi connectivity index (χ1v) is 9.94. The molecule has 27 heavy (non-hydrogen) atoms. The van der Waals surface area contributed by atoms with E-state index in [4.69, 9.17) is 9.47 Å². The van der Waals surface area contributed by atoms with Crippen LogP contribution in [0.4, 0.5) is 4.79 Å². The van der Waals surface area contributed by atoms with Gasteiger partial charge in [-0.3, -0.25) is 14.5 Å². The number of amides is 2. The Balaban J connectivity index is 1.84. The van der Waals surface area contributed by atoms with Crippen LogP contribution in [-0.2, 0) is 11.3 Å². The summed E-state index contributed by atoms with van der Waals surface area (Å²) in [5.74, 6) is 0.923. The highest BCUT2D eigenvalue weighted by Crippen LogP contribution is 2.35. The van der Waals surface area contributed by atoms with E-state index >= 15 is 0 Å². The fourth-order valence-electron chi connectivity index (χ4n) is 2.64. The summed E-state index contributed by atoms with van der Waals surface area (Å²) < 4.78 is 11.7. The third-order valence-corrected chi connectivity index (χ3v) is 5.63. The summed E-state index contributed by atoms with van der Waals surface area (Å²) >= 11 is 4.39. The SMILES string of the molecule is CCOc1cc(/C=C2/SC(=O)N(Cc3ccccc3Br)C2=O)ccc1OC. The molecule has 5 nitrogen and oxygen atoms in total. The van der Waals surface area contributed by atoms with E-state index in [0.29, 0.717) is 23.0 Å². The molecule has 0 bridgehead atoms. The van der Waals surface area contributed by atoms with Crippen LogP contribution in [0.25, 0.3) is 6.08 Å². The lowest BCUT2D eigenvalue weighted by Crippen LogP contribution is -2.27. The lowest BCUT2D eigenvalue weighted by atomic mass is 10.1. The maximum atomic E-state index is 12.7. The maximum Gasteiger partial charge on any atom is 0.293 e. The van der Waals surface area contributed by atoms with Crippen LogP contribution >= 0.6 is 27.7 Å². The average molecular weight is 448 g/mol. The summed E-state index contributed by atoms with van der Waals surface area (Å²) in [6.45, 7) is 2.62. The van der Waals surface area contributed by atoms with Gasteiger partial charge in [-0.05, 0) is 54.1 Å². The predicted octanol–water partition coefficient (Wildman–Crippen LogP) is 5.09. The Bertz CT molecular complexity index is 913. The van der Waals surface area contributed by atoms with Gasteiger partial charge in [0.1, 0.15) is 0 Å². The number of halogens is 1. The summed E-state index contributed by atoms with van der Waals surface area (Å²) in [6, 6.07) is 12.9. The minimum Gasteiger partial charge on any atom is -0.493 e. The van der Waals surface area contributed by atoms with Crippen molar-refractivity contribution in [1.82, 2.24) is 4.90 Å². The zero-order valence-corrected chi connectivity index (χ0v) is 17.3. The molecule has 2 aromatic carbocycles. The van der Waals surface area contributed by atoms with Gasteiger partial charge in [-0.2, -0.15) is 0 Å². The highest BCUT2D eigenvalue weighted by atomic mass is 79.9. The second-order valence-corrected chi connectivity index (χ2v) is 7.55. The van der Waals surface area contributed by atoms with Gasteiger partial charge in [0.15, 0.2) is 11.5 Å². The number of hydrogen-bond acceptors (Lipinski definition) is 5. The molecular formula is C20H18BrNO4S. The van der Waals surface area contributed by atoms with Crippen molar-refractivity contribution in [1.29, 1.82) is 0 Å². The van der Waals surface area contributed by atoms with Crippen molar-refractivity contribution in [2.45, 2.75) is 13.5 Å². The maximum absolute atomic E-state index is 12.7. The van der Waals surface area contributed by atoms with E-state index in [1.54, 1.807) is 25.3 Å². The fourth-order valence-corrected chi connectivity index (χ4v) is 3.88. The largest absolute Gasteiger partial charge is 0.493 e. The van der Waals surface area contributed by atoms with E-state index < -0.39 is 0 Å². The van der Waals surface area contributed by atoms with E-state index in [2.05, 4.69) is 15.9 Å². The summed E-state index contributed by atoms with van der Waals surface area (Å²) in [4.78, 5) is 26.7. The molecule has 1 aliphatic heterocycles. The van der Waals surface area contributed by atoms with E-state index in [1.807, 2.05) is 37.3 Å². The summed E-state index contributed by atoms with van der Waals surface area (Å²) in [6.07, 6.45) is 1.70. The predicted molar refractivity (Wildman–Crippen MR) is 110 cm³/mol. The molecule has 1 aliphatic rings. The average Bonchev–Trinajstić information content (AvgIpc) is 2.91. The molecule has 0 aliphatic carbocycles. The van der Waals surface area contributed by atoms with Crippen molar-refractivity contribution in [3.63, 3.8) is 0 Å². The molecular weight excluding hydrogens is 430 g/mol. The van der Waals surface area contributed by atoms with Crippen LogP contribution in [0.3, 0.4) is 0 Å². The first-order valence-electron chi connectivity index (χ1n) is 8.33. The Morgan fingerprint density at radius 3 is 2.63 bits per heavy atom. The minimum absolute atomic E-state index is 0.232. The second-order valence-electron chi connectivity index (χ2n) is 5.70. The van der Waals surface area contributed by atoms with Gasteiger partial charge < -0.3 is 9.47 Å². The van der Waals surface area contributed by atoms with Crippen LogP contribution in [0.5, 0.6) is 11.5 Å². The fraction of sp³-hybridized carbons (Fsp3) is 0.200. The normalized spacial score (nSPS) is 15.5.